The third-order valence-corrected chi connectivity index (χ3v) is 3.51. The molecule has 0 saturated carbocycles. The Morgan fingerprint density at radius 2 is 2.06 bits per heavy atom. The molecule has 1 rings (SSSR count). The molecule has 6 heteroatoms. The Balaban J connectivity index is 2.47. The molecule has 18 heavy (non-hydrogen) atoms. The van der Waals surface area contributed by atoms with Crippen LogP contribution in [0, 0.1) is 0 Å². The smallest absolute Gasteiger partial charge is 0.308 e. The maximum Gasteiger partial charge on any atom is 0.308 e. The van der Waals surface area contributed by atoms with Crippen LogP contribution in [-0.2, 0) is 9.53 Å². The van der Waals surface area contributed by atoms with Crippen LogP contribution in [0.2, 0.25) is 0 Å². The van der Waals surface area contributed by atoms with E-state index in [2.05, 4.69) is 37.2 Å². The minimum absolute atomic E-state index is 0.0110. The van der Waals surface area contributed by atoms with Crippen molar-refractivity contribution in [2.24, 2.45) is 0 Å². The average Bonchev–Trinajstić information content (AvgIpc) is 2.28. The SMILES string of the molecule is CCOC(=O)CC(O)CNc1c(Br)cccc1Br. The van der Waals surface area contributed by atoms with Gasteiger partial charge in [0.25, 0.3) is 0 Å². The molecule has 0 aliphatic carbocycles. The van der Waals surface area contributed by atoms with Gasteiger partial charge in [-0.05, 0) is 50.9 Å². The fraction of sp³-hybridized carbons (Fsp3) is 0.417. The van der Waals surface area contributed by atoms with Crippen LogP contribution in [0.3, 0.4) is 0 Å². The van der Waals surface area contributed by atoms with E-state index in [1.807, 2.05) is 18.2 Å². The summed E-state index contributed by atoms with van der Waals surface area (Å²) in [6.45, 7) is 2.34. The van der Waals surface area contributed by atoms with E-state index in [0.29, 0.717) is 6.61 Å². The molecule has 0 radical (unpaired) electrons. The lowest BCUT2D eigenvalue weighted by molar-refractivity contribution is -0.145. The molecule has 2 N–H and O–H groups in total. The van der Waals surface area contributed by atoms with Gasteiger partial charge in [-0.3, -0.25) is 4.79 Å². The summed E-state index contributed by atoms with van der Waals surface area (Å²) in [5, 5.41) is 12.8. The molecule has 1 unspecified atom stereocenters. The van der Waals surface area contributed by atoms with E-state index < -0.39 is 12.1 Å². The van der Waals surface area contributed by atoms with Gasteiger partial charge in [0, 0.05) is 15.5 Å². The van der Waals surface area contributed by atoms with E-state index in [-0.39, 0.29) is 13.0 Å². The second-order valence-electron chi connectivity index (χ2n) is 3.64. The number of nitrogens with one attached hydrogen (secondary N) is 1. The van der Waals surface area contributed by atoms with Gasteiger partial charge in [-0.1, -0.05) is 6.07 Å². The Morgan fingerprint density at radius 1 is 1.44 bits per heavy atom. The van der Waals surface area contributed by atoms with Gasteiger partial charge in [-0.15, -0.1) is 0 Å². The first-order chi connectivity index (χ1) is 8.54. The van der Waals surface area contributed by atoms with E-state index in [0.717, 1.165) is 14.6 Å². The molecular formula is C12H15Br2NO3. The number of para-hydroxylation sites is 1. The number of halogens is 2. The normalized spacial score (nSPS) is 12.0. The second kappa shape index (κ2) is 7.76. The molecule has 0 amide bonds. The molecule has 0 saturated heterocycles. The van der Waals surface area contributed by atoms with Crippen molar-refractivity contribution in [3.05, 3.63) is 27.1 Å². The number of hydrogen-bond acceptors (Lipinski definition) is 4. The summed E-state index contributed by atoms with van der Waals surface area (Å²) in [6, 6.07) is 5.68. The molecule has 0 heterocycles. The van der Waals surface area contributed by atoms with Crippen molar-refractivity contribution in [1.29, 1.82) is 0 Å². The maximum absolute atomic E-state index is 11.2. The predicted molar refractivity (Wildman–Crippen MR) is 77.6 cm³/mol. The lowest BCUT2D eigenvalue weighted by Crippen LogP contribution is -2.24. The van der Waals surface area contributed by atoms with Crippen LogP contribution >= 0.6 is 31.9 Å². The molecule has 1 atom stereocenters. The average molecular weight is 381 g/mol. The Bertz CT molecular complexity index is 392. The first kappa shape index (κ1) is 15.5. The fourth-order valence-corrected chi connectivity index (χ4v) is 2.65. The van der Waals surface area contributed by atoms with Gasteiger partial charge < -0.3 is 15.2 Å². The number of anilines is 1. The van der Waals surface area contributed by atoms with Crippen molar-refractivity contribution >= 4 is 43.5 Å². The lowest BCUT2D eigenvalue weighted by atomic mass is 10.2. The molecule has 0 aliphatic rings. The highest BCUT2D eigenvalue weighted by molar-refractivity contribution is 9.11. The van der Waals surface area contributed by atoms with Gasteiger partial charge in [0.1, 0.15) is 0 Å². The van der Waals surface area contributed by atoms with Crippen LogP contribution < -0.4 is 5.32 Å². The number of esters is 1. The van der Waals surface area contributed by atoms with Gasteiger partial charge in [-0.2, -0.15) is 0 Å². The topological polar surface area (TPSA) is 58.6 Å². The zero-order valence-electron chi connectivity index (χ0n) is 9.95. The van der Waals surface area contributed by atoms with E-state index >= 15 is 0 Å². The highest BCUT2D eigenvalue weighted by Crippen LogP contribution is 2.30. The predicted octanol–water partition coefficient (Wildman–Crippen LogP) is 2.94. The quantitative estimate of drug-likeness (QED) is 0.745. The first-order valence-electron chi connectivity index (χ1n) is 5.56. The van der Waals surface area contributed by atoms with Crippen molar-refractivity contribution in [1.82, 2.24) is 0 Å². The number of aliphatic hydroxyl groups excluding tert-OH is 1. The van der Waals surface area contributed by atoms with E-state index in [4.69, 9.17) is 4.74 Å². The Kier molecular flexibility index (Phi) is 6.67. The summed E-state index contributed by atoms with van der Waals surface area (Å²) in [5.41, 5.74) is 0.848. The van der Waals surface area contributed by atoms with E-state index in [1.54, 1.807) is 6.92 Å². The Morgan fingerprint density at radius 3 is 2.61 bits per heavy atom. The highest BCUT2D eigenvalue weighted by atomic mass is 79.9. The second-order valence-corrected chi connectivity index (χ2v) is 5.35. The van der Waals surface area contributed by atoms with Crippen molar-refractivity contribution in [2.45, 2.75) is 19.4 Å². The summed E-state index contributed by atoms with van der Waals surface area (Å²) >= 11 is 6.81. The molecular weight excluding hydrogens is 366 g/mol. The minimum Gasteiger partial charge on any atom is -0.466 e. The maximum atomic E-state index is 11.2. The van der Waals surface area contributed by atoms with E-state index in [9.17, 15) is 9.90 Å². The molecule has 100 valence electrons. The van der Waals surface area contributed by atoms with Crippen LogP contribution in [0.1, 0.15) is 13.3 Å². The first-order valence-corrected chi connectivity index (χ1v) is 7.14. The van der Waals surface area contributed by atoms with Crippen LogP contribution in [0.15, 0.2) is 27.1 Å². The summed E-state index contributed by atoms with van der Waals surface area (Å²) < 4.78 is 6.54. The molecule has 0 bridgehead atoms. The number of aliphatic hydroxyl groups is 1. The number of hydrogen-bond donors (Lipinski definition) is 2. The van der Waals surface area contributed by atoms with Gasteiger partial charge in [-0.25, -0.2) is 0 Å². The summed E-state index contributed by atoms with van der Waals surface area (Å²) in [7, 11) is 0. The third-order valence-electron chi connectivity index (χ3n) is 2.18. The molecule has 0 aromatic heterocycles. The third kappa shape index (κ3) is 4.96. The van der Waals surface area contributed by atoms with Crippen LogP contribution in [0.5, 0.6) is 0 Å². The van der Waals surface area contributed by atoms with Gasteiger partial charge in [0.15, 0.2) is 0 Å². The van der Waals surface area contributed by atoms with Crippen molar-refractivity contribution in [3.8, 4) is 0 Å². The number of ether oxygens (including phenoxy) is 1. The van der Waals surface area contributed by atoms with Gasteiger partial charge >= 0.3 is 5.97 Å². The van der Waals surface area contributed by atoms with Gasteiger partial charge in [0.2, 0.25) is 0 Å². The number of rotatable bonds is 6. The largest absolute Gasteiger partial charge is 0.466 e. The van der Waals surface area contributed by atoms with Crippen molar-refractivity contribution in [2.75, 3.05) is 18.5 Å². The molecule has 0 spiro atoms. The van der Waals surface area contributed by atoms with E-state index in [1.165, 1.54) is 0 Å². The highest BCUT2D eigenvalue weighted by Gasteiger charge is 2.12. The lowest BCUT2D eigenvalue weighted by Gasteiger charge is -2.14. The Hall–Kier alpha value is -0.590. The number of benzene rings is 1. The Labute approximate surface area is 123 Å². The van der Waals surface area contributed by atoms with Crippen LogP contribution in [0.25, 0.3) is 0 Å². The van der Waals surface area contributed by atoms with Crippen molar-refractivity contribution < 1.29 is 14.6 Å². The van der Waals surface area contributed by atoms with Crippen LogP contribution in [0.4, 0.5) is 5.69 Å². The van der Waals surface area contributed by atoms with Crippen LogP contribution in [-0.4, -0.2) is 30.3 Å². The summed E-state index contributed by atoms with van der Waals surface area (Å²) in [6.07, 6.45) is -0.786. The zero-order valence-corrected chi connectivity index (χ0v) is 13.1. The molecule has 4 nitrogen and oxygen atoms in total. The monoisotopic (exact) mass is 379 g/mol. The molecule has 0 aliphatic heterocycles. The molecule has 0 fully saturated rings. The summed E-state index contributed by atoms with van der Waals surface area (Å²) in [4.78, 5) is 11.2. The summed E-state index contributed by atoms with van der Waals surface area (Å²) in [5.74, 6) is -0.391. The standard InChI is InChI=1S/C12H15Br2NO3/c1-2-18-11(17)6-8(16)7-15-12-9(13)4-3-5-10(12)14/h3-5,8,15-16H,2,6-7H2,1H3. The number of carbonyl (C=O) groups excluding carboxylic acids is 1. The molecule has 1 aromatic carbocycles. The van der Waals surface area contributed by atoms with Crippen molar-refractivity contribution in [3.63, 3.8) is 0 Å². The zero-order chi connectivity index (χ0) is 13.5. The van der Waals surface area contributed by atoms with Gasteiger partial charge in [0.05, 0.1) is 24.8 Å². The minimum atomic E-state index is -0.775. The molecule has 1 aromatic rings. The number of carbonyl (C=O) groups is 1. The fourth-order valence-electron chi connectivity index (χ4n) is 1.37.